The summed E-state index contributed by atoms with van der Waals surface area (Å²) in [5.74, 6) is -1.59. The summed E-state index contributed by atoms with van der Waals surface area (Å²) in [6.45, 7) is 3.67. The fourth-order valence-electron chi connectivity index (χ4n) is 2.61. The first-order valence-electron chi connectivity index (χ1n) is 7.14. The lowest BCUT2D eigenvalue weighted by Crippen LogP contribution is -2.45. The lowest BCUT2D eigenvalue weighted by molar-refractivity contribution is -0.140. The summed E-state index contributed by atoms with van der Waals surface area (Å²) in [5, 5.41) is 11.8. The van der Waals surface area contributed by atoms with Crippen LogP contribution >= 0.6 is 0 Å². The number of carbonyl (C=O) groups is 3. The van der Waals surface area contributed by atoms with E-state index in [2.05, 4.69) is 5.32 Å². The molecule has 0 radical (unpaired) electrons. The maximum absolute atomic E-state index is 12.4. The average molecular weight is 289 g/mol. The minimum Gasteiger partial charge on any atom is -0.480 e. The molecule has 0 saturated heterocycles. The second-order valence-corrected chi connectivity index (χ2v) is 5.43. The summed E-state index contributed by atoms with van der Waals surface area (Å²) in [7, 11) is 0. The van der Waals surface area contributed by atoms with Crippen molar-refractivity contribution in [2.75, 3.05) is 0 Å². The Morgan fingerprint density at radius 2 is 2.05 bits per heavy atom. The number of benzene rings is 1. The van der Waals surface area contributed by atoms with Gasteiger partial charge >= 0.3 is 5.97 Å². The zero-order valence-corrected chi connectivity index (χ0v) is 12.2. The Hall–Kier alpha value is -2.17. The number of carbonyl (C=O) groups excluding carboxylic acids is 2. The second kappa shape index (κ2) is 6.08. The Morgan fingerprint density at radius 1 is 1.33 bits per heavy atom. The third-order valence-corrected chi connectivity index (χ3v) is 4.09. The molecule has 21 heavy (non-hydrogen) atoms. The van der Waals surface area contributed by atoms with Crippen LogP contribution in [0, 0.1) is 5.92 Å². The lowest BCUT2D eigenvalue weighted by Gasteiger charge is -2.20. The van der Waals surface area contributed by atoms with E-state index < -0.39 is 17.9 Å². The van der Waals surface area contributed by atoms with E-state index in [0.717, 1.165) is 5.56 Å². The summed E-state index contributed by atoms with van der Waals surface area (Å²) in [5.41, 5.74) is 1.72. The topological polar surface area (TPSA) is 83.5 Å². The first kappa shape index (κ1) is 15.2. The van der Waals surface area contributed by atoms with E-state index in [-0.39, 0.29) is 11.7 Å². The van der Waals surface area contributed by atoms with E-state index >= 15 is 0 Å². The minimum atomic E-state index is -1.04. The molecule has 0 fully saturated rings. The fourth-order valence-corrected chi connectivity index (χ4v) is 2.61. The number of ketones is 1. The highest BCUT2D eigenvalue weighted by atomic mass is 16.4. The molecule has 0 aromatic heterocycles. The fraction of sp³-hybridized carbons (Fsp3) is 0.438. The average Bonchev–Trinajstić information content (AvgIpc) is 2.85. The van der Waals surface area contributed by atoms with Gasteiger partial charge in [0, 0.05) is 17.5 Å². The smallest absolute Gasteiger partial charge is 0.326 e. The van der Waals surface area contributed by atoms with Crippen LogP contribution < -0.4 is 5.32 Å². The number of rotatable bonds is 5. The van der Waals surface area contributed by atoms with Gasteiger partial charge in [-0.05, 0) is 24.0 Å². The van der Waals surface area contributed by atoms with Crippen molar-refractivity contribution < 1.29 is 19.5 Å². The van der Waals surface area contributed by atoms with Crippen molar-refractivity contribution in [3.05, 3.63) is 34.9 Å². The standard InChI is InChI=1S/C16H19NO4/c1-3-9(2)14(16(20)21)17-15(19)12-6-4-5-11-10(12)7-8-13(11)18/h4-6,9,14H,3,7-8H2,1-2H3,(H,17,19)(H,20,21)/t9-,14-/m0/s1. The van der Waals surface area contributed by atoms with Gasteiger partial charge in [-0.25, -0.2) is 4.79 Å². The SMILES string of the molecule is CC[C@H](C)[C@H](NC(=O)c1cccc2c1CCC2=O)C(=O)O. The first-order chi connectivity index (χ1) is 9.95. The van der Waals surface area contributed by atoms with E-state index in [1.165, 1.54) is 0 Å². The monoisotopic (exact) mass is 289 g/mol. The van der Waals surface area contributed by atoms with Crippen molar-refractivity contribution in [1.82, 2.24) is 5.32 Å². The third kappa shape index (κ3) is 2.96. The summed E-state index contributed by atoms with van der Waals surface area (Å²) in [6, 6.07) is 4.10. The molecule has 2 atom stereocenters. The molecule has 0 unspecified atom stereocenters. The third-order valence-electron chi connectivity index (χ3n) is 4.09. The highest BCUT2D eigenvalue weighted by molar-refractivity contribution is 6.06. The number of aliphatic carboxylic acids is 1. The van der Waals surface area contributed by atoms with Gasteiger partial charge < -0.3 is 10.4 Å². The van der Waals surface area contributed by atoms with Crippen LogP contribution in [0.15, 0.2) is 18.2 Å². The van der Waals surface area contributed by atoms with Gasteiger partial charge in [-0.15, -0.1) is 0 Å². The number of hydrogen-bond acceptors (Lipinski definition) is 3. The lowest BCUT2D eigenvalue weighted by atomic mass is 9.97. The van der Waals surface area contributed by atoms with Crippen LogP contribution in [0.25, 0.3) is 0 Å². The van der Waals surface area contributed by atoms with E-state index in [0.29, 0.717) is 30.4 Å². The highest BCUT2D eigenvalue weighted by Gasteiger charge is 2.29. The molecule has 1 aromatic carbocycles. The predicted octanol–water partition coefficient (Wildman–Crippen LogP) is 2.04. The number of carboxylic acid groups (broad SMARTS) is 1. The Kier molecular flexibility index (Phi) is 4.40. The van der Waals surface area contributed by atoms with Crippen LogP contribution in [-0.2, 0) is 11.2 Å². The molecule has 1 aromatic rings. The highest BCUT2D eigenvalue weighted by Crippen LogP contribution is 2.25. The zero-order chi connectivity index (χ0) is 15.6. The Balaban J connectivity index is 2.25. The van der Waals surface area contributed by atoms with Crippen molar-refractivity contribution in [1.29, 1.82) is 0 Å². The number of fused-ring (bicyclic) bond motifs is 1. The molecule has 2 N–H and O–H groups in total. The van der Waals surface area contributed by atoms with Crippen molar-refractivity contribution in [3.63, 3.8) is 0 Å². The molecular weight excluding hydrogens is 270 g/mol. The predicted molar refractivity (Wildman–Crippen MR) is 77.4 cm³/mol. The molecular formula is C16H19NO4. The molecule has 0 bridgehead atoms. The van der Waals surface area contributed by atoms with Gasteiger partial charge in [0.25, 0.3) is 5.91 Å². The second-order valence-electron chi connectivity index (χ2n) is 5.43. The number of amides is 1. The molecule has 0 aliphatic heterocycles. The van der Waals surface area contributed by atoms with Crippen molar-refractivity contribution in [2.45, 2.75) is 39.2 Å². The van der Waals surface area contributed by atoms with E-state index in [9.17, 15) is 19.5 Å². The van der Waals surface area contributed by atoms with Crippen LogP contribution in [0.4, 0.5) is 0 Å². The molecule has 0 heterocycles. The Morgan fingerprint density at radius 3 is 2.67 bits per heavy atom. The van der Waals surface area contributed by atoms with Crippen molar-refractivity contribution >= 4 is 17.7 Å². The van der Waals surface area contributed by atoms with Crippen LogP contribution in [0.1, 0.15) is 53.0 Å². The number of hydrogen-bond donors (Lipinski definition) is 2. The van der Waals surface area contributed by atoms with Crippen molar-refractivity contribution in [2.24, 2.45) is 5.92 Å². The van der Waals surface area contributed by atoms with Gasteiger partial charge in [-0.1, -0.05) is 32.4 Å². The number of carboxylic acids is 1. The van der Waals surface area contributed by atoms with Gasteiger partial charge in [-0.3, -0.25) is 9.59 Å². The van der Waals surface area contributed by atoms with Crippen molar-refractivity contribution in [3.8, 4) is 0 Å². The molecule has 2 rings (SSSR count). The van der Waals surface area contributed by atoms with Gasteiger partial charge in [-0.2, -0.15) is 0 Å². The molecule has 1 aliphatic rings. The van der Waals surface area contributed by atoms with Gasteiger partial charge in [0.05, 0.1) is 0 Å². The maximum Gasteiger partial charge on any atom is 0.326 e. The normalized spacial score (nSPS) is 16.2. The molecule has 112 valence electrons. The van der Waals surface area contributed by atoms with Crippen LogP contribution in [0.5, 0.6) is 0 Å². The zero-order valence-electron chi connectivity index (χ0n) is 12.2. The number of Topliss-reactive ketones (excluding diaryl/α,β-unsaturated/α-hetero) is 1. The van der Waals surface area contributed by atoms with Gasteiger partial charge in [0.2, 0.25) is 0 Å². The van der Waals surface area contributed by atoms with Crippen LogP contribution in [0.3, 0.4) is 0 Å². The molecule has 1 amide bonds. The molecule has 5 nitrogen and oxygen atoms in total. The Bertz CT molecular complexity index is 594. The molecule has 1 aliphatic carbocycles. The maximum atomic E-state index is 12.4. The van der Waals surface area contributed by atoms with Crippen LogP contribution in [0.2, 0.25) is 0 Å². The molecule has 0 spiro atoms. The van der Waals surface area contributed by atoms with E-state index in [1.807, 2.05) is 6.92 Å². The van der Waals surface area contributed by atoms with Gasteiger partial charge in [0.15, 0.2) is 5.78 Å². The number of nitrogens with one attached hydrogen (secondary N) is 1. The van der Waals surface area contributed by atoms with E-state index in [1.54, 1.807) is 25.1 Å². The largest absolute Gasteiger partial charge is 0.480 e. The minimum absolute atomic E-state index is 0.0383. The van der Waals surface area contributed by atoms with E-state index in [4.69, 9.17) is 0 Å². The molecule has 5 heteroatoms. The molecule has 0 saturated carbocycles. The Labute approximate surface area is 123 Å². The summed E-state index contributed by atoms with van der Waals surface area (Å²) in [6.07, 6.45) is 1.61. The first-order valence-corrected chi connectivity index (χ1v) is 7.14. The van der Waals surface area contributed by atoms with Crippen LogP contribution in [-0.4, -0.2) is 28.8 Å². The summed E-state index contributed by atoms with van der Waals surface area (Å²) in [4.78, 5) is 35.3. The quantitative estimate of drug-likeness (QED) is 0.869. The van der Waals surface area contributed by atoms with Gasteiger partial charge in [0.1, 0.15) is 6.04 Å². The summed E-state index contributed by atoms with van der Waals surface area (Å²) >= 11 is 0. The summed E-state index contributed by atoms with van der Waals surface area (Å²) < 4.78 is 0.